The lowest BCUT2D eigenvalue weighted by Crippen LogP contribution is -2.40. The smallest absolute Gasteiger partial charge is 0.0916 e. The van der Waals surface area contributed by atoms with Gasteiger partial charge in [0.05, 0.1) is 12.2 Å². The molecule has 1 fully saturated rings. The summed E-state index contributed by atoms with van der Waals surface area (Å²) in [5.74, 6) is 0.517. The van der Waals surface area contributed by atoms with E-state index in [2.05, 4.69) is 30.9 Å². The number of piperidine rings is 1. The van der Waals surface area contributed by atoms with Crippen LogP contribution in [0.15, 0.2) is 24.3 Å². The van der Waals surface area contributed by atoms with Gasteiger partial charge in [-0.15, -0.1) is 0 Å². The van der Waals surface area contributed by atoms with E-state index in [0.717, 1.165) is 24.9 Å². The molecule has 0 aliphatic carbocycles. The summed E-state index contributed by atoms with van der Waals surface area (Å²) in [5.41, 5.74) is 2.26. The first-order chi connectivity index (χ1) is 9.06. The molecule has 1 aromatic rings. The Morgan fingerprint density at radius 2 is 1.84 bits per heavy atom. The van der Waals surface area contributed by atoms with Crippen LogP contribution >= 0.6 is 0 Å². The number of hydrogen-bond donors (Lipinski definition) is 2. The fourth-order valence-electron chi connectivity index (χ4n) is 2.65. The molecular formula is C16H25NO2. The van der Waals surface area contributed by atoms with Gasteiger partial charge in [-0.2, -0.15) is 0 Å². The molecule has 0 aromatic heterocycles. The van der Waals surface area contributed by atoms with Crippen LogP contribution in [0.25, 0.3) is 0 Å². The van der Waals surface area contributed by atoms with Gasteiger partial charge >= 0.3 is 0 Å². The molecule has 1 heterocycles. The van der Waals surface area contributed by atoms with Crippen LogP contribution in [0.1, 0.15) is 49.8 Å². The van der Waals surface area contributed by atoms with Crippen LogP contribution in [0.2, 0.25) is 0 Å². The molecule has 0 amide bonds. The molecule has 106 valence electrons. The van der Waals surface area contributed by atoms with Crippen molar-refractivity contribution in [2.45, 2.75) is 44.8 Å². The number of aliphatic hydroxyl groups excluding tert-OH is 2. The van der Waals surface area contributed by atoms with Crippen LogP contribution in [-0.2, 0) is 0 Å². The predicted octanol–water partition coefficient (Wildman–Crippen LogP) is 2.30. The maximum atomic E-state index is 10.3. The minimum Gasteiger partial charge on any atom is -0.392 e. The van der Waals surface area contributed by atoms with E-state index in [0.29, 0.717) is 19.0 Å². The van der Waals surface area contributed by atoms with Gasteiger partial charge in [0.25, 0.3) is 0 Å². The quantitative estimate of drug-likeness (QED) is 0.876. The second kappa shape index (κ2) is 6.51. The lowest BCUT2D eigenvalue weighted by atomic mass is 9.99. The standard InChI is InChI=1S/C16H25NO2/c1-12(2)13-5-7-14(8-6-13)16(19)11-17-9-3-4-15(18)10-17/h5-8,12,15-16,18-19H,3-4,9-11H2,1-2H3/t15-,16-/m0/s1. The fraction of sp³-hybridized carbons (Fsp3) is 0.625. The Morgan fingerprint density at radius 1 is 1.21 bits per heavy atom. The Hall–Kier alpha value is -0.900. The largest absolute Gasteiger partial charge is 0.392 e. The number of β-amino-alcohol motifs (C(OH)–C–C–N with tert-alkyl or cyclic N) is 2. The second-order valence-corrected chi connectivity index (χ2v) is 5.89. The molecule has 2 atom stereocenters. The lowest BCUT2D eigenvalue weighted by Gasteiger charge is -2.31. The van der Waals surface area contributed by atoms with Gasteiger partial charge in [0, 0.05) is 13.1 Å². The number of aliphatic hydroxyl groups is 2. The van der Waals surface area contributed by atoms with Gasteiger partial charge < -0.3 is 10.2 Å². The Kier molecular flexibility index (Phi) is 4.97. The highest BCUT2D eigenvalue weighted by atomic mass is 16.3. The van der Waals surface area contributed by atoms with Gasteiger partial charge in [0.15, 0.2) is 0 Å². The average molecular weight is 263 g/mol. The molecule has 0 unspecified atom stereocenters. The van der Waals surface area contributed by atoms with Crippen molar-refractivity contribution in [1.29, 1.82) is 0 Å². The van der Waals surface area contributed by atoms with Crippen LogP contribution in [0.3, 0.4) is 0 Å². The van der Waals surface area contributed by atoms with Crippen molar-refractivity contribution in [2.75, 3.05) is 19.6 Å². The molecular weight excluding hydrogens is 238 g/mol. The number of likely N-dealkylation sites (tertiary alicyclic amines) is 1. The minimum atomic E-state index is -0.466. The van der Waals surface area contributed by atoms with E-state index >= 15 is 0 Å². The molecule has 0 radical (unpaired) electrons. The highest BCUT2D eigenvalue weighted by Gasteiger charge is 2.20. The molecule has 3 nitrogen and oxygen atoms in total. The zero-order valence-electron chi connectivity index (χ0n) is 11.9. The first-order valence-electron chi connectivity index (χ1n) is 7.24. The Balaban J connectivity index is 1.93. The van der Waals surface area contributed by atoms with Crippen LogP contribution in [0, 0.1) is 0 Å². The summed E-state index contributed by atoms with van der Waals surface area (Å²) >= 11 is 0. The fourth-order valence-corrected chi connectivity index (χ4v) is 2.65. The third-order valence-electron chi connectivity index (χ3n) is 3.90. The van der Waals surface area contributed by atoms with E-state index in [4.69, 9.17) is 0 Å². The number of rotatable bonds is 4. The zero-order chi connectivity index (χ0) is 13.8. The molecule has 1 aromatic carbocycles. The molecule has 0 spiro atoms. The van der Waals surface area contributed by atoms with E-state index in [9.17, 15) is 10.2 Å². The summed E-state index contributed by atoms with van der Waals surface area (Å²) in [6, 6.07) is 8.21. The van der Waals surface area contributed by atoms with Gasteiger partial charge in [0.1, 0.15) is 0 Å². The van der Waals surface area contributed by atoms with Crippen molar-refractivity contribution >= 4 is 0 Å². The van der Waals surface area contributed by atoms with Crippen molar-refractivity contribution in [3.8, 4) is 0 Å². The van der Waals surface area contributed by atoms with Crippen molar-refractivity contribution in [3.63, 3.8) is 0 Å². The van der Waals surface area contributed by atoms with Crippen LogP contribution < -0.4 is 0 Å². The molecule has 1 aliphatic rings. The molecule has 0 bridgehead atoms. The van der Waals surface area contributed by atoms with Gasteiger partial charge in [-0.3, -0.25) is 4.90 Å². The van der Waals surface area contributed by atoms with Crippen molar-refractivity contribution < 1.29 is 10.2 Å². The number of benzene rings is 1. The van der Waals surface area contributed by atoms with E-state index in [-0.39, 0.29) is 6.10 Å². The Labute approximate surface area is 115 Å². The zero-order valence-corrected chi connectivity index (χ0v) is 11.9. The van der Waals surface area contributed by atoms with Crippen molar-refractivity contribution in [3.05, 3.63) is 35.4 Å². The first-order valence-corrected chi connectivity index (χ1v) is 7.24. The van der Waals surface area contributed by atoms with Gasteiger partial charge in [-0.1, -0.05) is 38.1 Å². The third-order valence-corrected chi connectivity index (χ3v) is 3.90. The van der Waals surface area contributed by atoms with E-state index < -0.39 is 6.10 Å². The summed E-state index contributed by atoms with van der Waals surface area (Å²) in [6.07, 6.45) is 1.20. The molecule has 3 heteroatoms. The topological polar surface area (TPSA) is 43.7 Å². The number of nitrogens with zero attached hydrogens (tertiary/aromatic N) is 1. The SMILES string of the molecule is CC(C)c1ccc([C@@H](O)CN2CCC[C@H](O)C2)cc1. The van der Waals surface area contributed by atoms with E-state index in [1.807, 2.05) is 12.1 Å². The van der Waals surface area contributed by atoms with Gasteiger partial charge in [-0.25, -0.2) is 0 Å². The molecule has 2 N–H and O–H groups in total. The van der Waals surface area contributed by atoms with E-state index in [1.54, 1.807) is 0 Å². The van der Waals surface area contributed by atoms with Crippen LogP contribution in [0.4, 0.5) is 0 Å². The lowest BCUT2D eigenvalue weighted by molar-refractivity contribution is 0.0392. The maximum absolute atomic E-state index is 10.3. The van der Waals surface area contributed by atoms with Crippen LogP contribution in [-0.4, -0.2) is 40.9 Å². The summed E-state index contributed by atoms with van der Waals surface area (Å²) in [7, 11) is 0. The maximum Gasteiger partial charge on any atom is 0.0916 e. The molecule has 1 aliphatic heterocycles. The van der Waals surface area contributed by atoms with Crippen LogP contribution in [0.5, 0.6) is 0 Å². The summed E-state index contributed by atoms with van der Waals surface area (Å²) in [4.78, 5) is 2.15. The van der Waals surface area contributed by atoms with Gasteiger partial charge in [0.2, 0.25) is 0 Å². The van der Waals surface area contributed by atoms with Gasteiger partial charge in [-0.05, 0) is 36.4 Å². The Morgan fingerprint density at radius 3 is 2.42 bits per heavy atom. The molecule has 1 saturated heterocycles. The van der Waals surface area contributed by atoms with E-state index in [1.165, 1.54) is 5.56 Å². The summed E-state index contributed by atoms with van der Waals surface area (Å²) in [6.45, 7) is 6.60. The second-order valence-electron chi connectivity index (χ2n) is 5.89. The number of hydrogen-bond acceptors (Lipinski definition) is 3. The predicted molar refractivity (Wildman–Crippen MR) is 77.2 cm³/mol. The average Bonchev–Trinajstić information content (AvgIpc) is 2.39. The highest BCUT2D eigenvalue weighted by Crippen LogP contribution is 2.20. The third kappa shape index (κ3) is 4.03. The Bertz CT molecular complexity index is 388. The highest BCUT2D eigenvalue weighted by molar-refractivity contribution is 5.26. The molecule has 0 saturated carbocycles. The normalized spacial score (nSPS) is 22.7. The monoisotopic (exact) mass is 263 g/mol. The first kappa shape index (κ1) is 14.5. The van der Waals surface area contributed by atoms with Crippen molar-refractivity contribution in [2.24, 2.45) is 0 Å². The minimum absolute atomic E-state index is 0.232. The molecule has 19 heavy (non-hydrogen) atoms. The summed E-state index contributed by atoms with van der Waals surface area (Å²) < 4.78 is 0. The molecule has 2 rings (SSSR count). The van der Waals surface area contributed by atoms with Crippen molar-refractivity contribution in [1.82, 2.24) is 4.90 Å². The summed E-state index contributed by atoms with van der Waals surface area (Å²) in [5, 5.41) is 19.9.